The van der Waals surface area contributed by atoms with Gasteiger partial charge >= 0.3 is 5.97 Å². The maximum atomic E-state index is 12.2. The zero-order valence-electron chi connectivity index (χ0n) is 9.25. The van der Waals surface area contributed by atoms with Gasteiger partial charge in [-0.05, 0) is 18.4 Å². The Balaban J connectivity index is 3.21. The molecule has 0 amide bonds. The van der Waals surface area contributed by atoms with E-state index in [1.54, 1.807) is 12.3 Å². The number of hydrogen-bond donors (Lipinski definition) is 1. The molecule has 0 aliphatic carbocycles. The molecule has 1 N–H and O–H groups in total. The molecule has 1 rings (SSSR count). The first kappa shape index (κ1) is 14.4. The Labute approximate surface area is 109 Å². The van der Waals surface area contributed by atoms with Crippen molar-refractivity contribution < 1.29 is 18.3 Å². The summed E-state index contributed by atoms with van der Waals surface area (Å²) >= 11 is 6.74. The summed E-state index contributed by atoms with van der Waals surface area (Å²) in [7, 11) is -3.84. The van der Waals surface area contributed by atoms with Crippen molar-refractivity contribution in [2.24, 2.45) is 0 Å². The van der Waals surface area contributed by atoms with Crippen LogP contribution in [-0.2, 0) is 14.8 Å². The summed E-state index contributed by atoms with van der Waals surface area (Å²) in [5.74, 6) is -1.19. The van der Waals surface area contributed by atoms with Gasteiger partial charge in [-0.1, -0.05) is 18.5 Å². The van der Waals surface area contributed by atoms with Gasteiger partial charge in [-0.25, -0.2) is 8.42 Å². The number of likely N-dealkylation sites (N-methyl/N-ethyl adjacent to an activating group) is 1. The molecule has 0 saturated heterocycles. The van der Waals surface area contributed by atoms with Crippen LogP contribution in [0.25, 0.3) is 0 Å². The topological polar surface area (TPSA) is 74.7 Å². The normalized spacial score (nSPS) is 13.9. The van der Waals surface area contributed by atoms with Gasteiger partial charge in [0.2, 0.25) is 0 Å². The molecule has 1 aromatic rings. The minimum absolute atomic E-state index is 0.0193. The highest BCUT2D eigenvalue weighted by molar-refractivity contribution is 7.91. The van der Waals surface area contributed by atoms with Crippen LogP contribution in [0.2, 0.25) is 5.02 Å². The molecule has 5 nitrogen and oxygen atoms in total. The van der Waals surface area contributed by atoms with E-state index in [-0.39, 0.29) is 15.8 Å². The van der Waals surface area contributed by atoms with E-state index in [2.05, 4.69) is 0 Å². The predicted octanol–water partition coefficient (Wildman–Crippen LogP) is 1.89. The highest BCUT2D eigenvalue weighted by Crippen LogP contribution is 2.30. The van der Waals surface area contributed by atoms with Crippen LogP contribution < -0.4 is 0 Å². The molecule has 0 spiro atoms. The van der Waals surface area contributed by atoms with Gasteiger partial charge in [-0.15, -0.1) is 11.3 Å². The maximum Gasteiger partial charge on any atom is 0.321 e. The van der Waals surface area contributed by atoms with Gasteiger partial charge in [0.05, 0.1) is 5.02 Å². The zero-order valence-corrected chi connectivity index (χ0v) is 11.6. The van der Waals surface area contributed by atoms with Gasteiger partial charge in [0.1, 0.15) is 6.04 Å². The van der Waals surface area contributed by atoms with Crippen LogP contribution >= 0.6 is 22.9 Å². The Morgan fingerprint density at radius 2 is 2.24 bits per heavy atom. The van der Waals surface area contributed by atoms with Crippen LogP contribution in [0.3, 0.4) is 0 Å². The number of thiophene rings is 1. The average Bonchev–Trinajstić information content (AvgIpc) is 2.65. The van der Waals surface area contributed by atoms with Gasteiger partial charge in [0.25, 0.3) is 10.0 Å². The van der Waals surface area contributed by atoms with E-state index in [9.17, 15) is 13.2 Å². The standard InChI is InChI=1S/C9H12ClNO4S2/c1-3-11(6(2)8(12)13)17(14,15)9-7(10)4-5-16-9/h4-6H,3H2,1-2H3,(H,12,13). The summed E-state index contributed by atoms with van der Waals surface area (Å²) < 4.78 is 25.3. The Morgan fingerprint density at radius 3 is 2.59 bits per heavy atom. The molecule has 0 aliphatic heterocycles. The van der Waals surface area contributed by atoms with E-state index in [0.29, 0.717) is 0 Å². The quantitative estimate of drug-likeness (QED) is 0.900. The second-order valence-corrected chi connectivity index (χ2v) is 6.69. The van der Waals surface area contributed by atoms with Crippen molar-refractivity contribution in [3.63, 3.8) is 0 Å². The largest absolute Gasteiger partial charge is 0.480 e. The van der Waals surface area contributed by atoms with Crippen LogP contribution in [0, 0.1) is 0 Å². The lowest BCUT2D eigenvalue weighted by atomic mass is 10.3. The molecule has 1 atom stereocenters. The van der Waals surface area contributed by atoms with Gasteiger partial charge in [0.15, 0.2) is 4.21 Å². The van der Waals surface area contributed by atoms with Gasteiger partial charge < -0.3 is 5.11 Å². The van der Waals surface area contributed by atoms with Crippen molar-refractivity contribution in [1.29, 1.82) is 0 Å². The van der Waals surface area contributed by atoms with Crippen molar-refractivity contribution >= 4 is 38.9 Å². The number of nitrogens with zero attached hydrogens (tertiary/aromatic N) is 1. The highest BCUT2D eigenvalue weighted by Gasteiger charge is 2.33. The number of aliphatic carboxylic acids is 1. The molecule has 96 valence electrons. The van der Waals surface area contributed by atoms with E-state index in [4.69, 9.17) is 16.7 Å². The Hall–Kier alpha value is -0.630. The third-order valence-electron chi connectivity index (χ3n) is 2.23. The summed E-state index contributed by atoms with van der Waals surface area (Å²) in [6.45, 7) is 2.98. The second-order valence-electron chi connectivity index (χ2n) is 3.28. The van der Waals surface area contributed by atoms with Crippen LogP contribution in [0.4, 0.5) is 0 Å². The van der Waals surface area contributed by atoms with Crippen LogP contribution in [0.5, 0.6) is 0 Å². The number of carbonyl (C=O) groups is 1. The molecule has 0 aliphatic rings. The molecule has 0 bridgehead atoms. The summed E-state index contributed by atoms with van der Waals surface area (Å²) in [4.78, 5) is 10.9. The Bertz CT molecular complexity index is 511. The molecular weight excluding hydrogens is 286 g/mol. The van der Waals surface area contributed by atoms with Crippen LogP contribution in [0.1, 0.15) is 13.8 Å². The Kier molecular flexibility index (Phi) is 4.54. The highest BCUT2D eigenvalue weighted by atomic mass is 35.5. The van der Waals surface area contributed by atoms with Crippen molar-refractivity contribution in [3.05, 3.63) is 16.5 Å². The SMILES string of the molecule is CCN(C(C)C(=O)O)S(=O)(=O)c1sccc1Cl. The minimum Gasteiger partial charge on any atom is -0.480 e. The zero-order chi connectivity index (χ0) is 13.2. The molecule has 8 heteroatoms. The number of halogens is 1. The summed E-state index contributed by atoms with van der Waals surface area (Å²) in [5, 5.41) is 10.5. The number of sulfonamides is 1. The van der Waals surface area contributed by atoms with E-state index < -0.39 is 22.0 Å². The average molecular weight is 298 g/mol. The fourth-order valence-corrected chi connectivity index (χ4v) is 4.73. The lowest BCUT2D eigenvalue weighted by Gasteiger charge is -2.23. The maximum absolute atomic E-state index is 12.2. The number of hydrogen-bond acceptors (Lipinski definition) is 4. The molecule has 1 aromatic heterocycles. The first-order valence-corrected chi connectivity index (χ1v) is 7.49. The monoisotopic (exact) mass is 297 g/mol. The van der Waals surface area contributed by atoms with Crippen molar-refractivity contribution in [3.8, 4) is 0 Å². The fraction of sp³-hybridized carbons (Fsp3) is 0.444. The molecule has 0 saturated carbocycles. The molecular formula is C9H12ClNO4S2. The lowest BCUT2D eigenvalue weighted by Crippen LogP contribution is -2.42. The van der Waals surface area contributed by atoms with E-state index in [0.717, 1.165) is 15.6 Å². The fourth-order valence-electron chi connectivity index (χ4n) is 1.35. The summed E-state index contributed by atoms with van der Waals surface area (Å²) in [5.41, 5.74) is 0. The third-order valence-corrected chi connectivity index (χ3v) is 6.27. The molecule has 1 heterocycles. The smallest absolute Gasteiger partial charge is 0.321 e. The number of rotatable bonds is 5. The number of carboxylic acids is 1. The summed E-state index contributed by atoms with van der Waals surface area (Å²) in [6, 6.07) is 0.349. The van der Waals surface area contributed by atoms with Gasteiger partial charge in [-0.2, -0.15) is 4.31 Å². The van der Waals surface area contributed by atoms with Gasteiger partial charge in [-0.3, -0.25) is 4.79 Å². The van der Waals surface area contributed by atoms with Crippen molar-refractivity contribution in [2.45, 2.75) is 24.1 Å². The predicted molar refractivity (Wildman–Crippen MR) is 66.0 cm³/mol. The van der Waals surface area contributed by atoms with E-state index >= 15 is 0 Å². The minimum atomic E-state index is -3.84. The molecule has 17 heavy (non-hydrogen) atoms. The molecule has 0 fully saturated rings. The third kappa shape index (κ3) is 2.79. The summed E-state index contributed by atoms with van der Waals surface area (Å²) in [6.07, 6.45) is 0. The van der Waals surface area contributed by atoms with Crippen LogP contribution in [-0.4, -0.2) is 36.4 Å². The first-order chi connectivity index (χ1) is 7.82. The molecule has 0 radical (unpaired) electrons. The van der Waals surface area contributed by atoms with Crippen molar-refractivity contribution in [2.75, 3.05) is 6.54 Å². The van der Waals surface area contributed by atoms with E-state index in [1.807, 2.05) is 0 Å². The van der Waals surface area contributed by atoms with Crippen molar-refractivity contribution in [1.82, 2.24) is 4.31 Å². The molecule has 1 unspecified atom stereocenters. The van der Waals surface area contributed by atoms with E-state index in [1.165, 1.54) is 13.0 Å². The first-order valence-electron chi connectivity index (χ1n) is 4.80. The lowest BCUT2D eigenvalue weighted by molar-refractivity contribution is -0.140. The second kappa shape index (κ2) is 5.34. The Morgan fingerprint density at radius 1 is 1.65 bits per heavy atom. The number of carboxylic acid groups (broad SMARTS) is 1. The van der Waals surface area contributed by atoms with Crippen LogP contribution in [0.15, 0.2) is 15.7 Å². The van der Waals surface area contributed by atoms with Gasteiger partial charge in [0, 0.05) is 6.54 Å². The molecule has 0 aromatic carbocycles.